The van der Waals surface area contributed by atoms with E-state index < -0.39 is 5.97 Å². The van der Waals surface area contributed by atoms with Gasteiger partial charge in [-0.15, -0.1) is 0 Å². The lowest BCUT2D eigenvalue weighted by Gasteiger charge is -2.04. The number of halogens is 1. The van der Waals surface area contributed by atoms with Crippen LogP contribution < -0.4 is 9.47 Å². The minimum Gasteiger partial charge on any atom is -0.452 e. The molecule has 1 aliphatic heterocycles. The Hall–Kier alpha value is -3.71. The first kappa shape index (κ1) is 18.3. The topological polar surface area (TPSA) is 78.6 Å². The number of nitrogens with zero attached hydrogens (tertiary/aromatic N) is 1. The average molecular weight is 462 g/mol. The second kappa shape index (κ2) is 7.27. The molecule has 2 aromatic carbocycles. The lowest BCUT2D eigenvalue weighted by molar-refractivity contribution is 0.0703. The molecule has 0 bridgehead atoms. The number of Topliss-reactive ketones (excluding diaryl/α,β-unsaturated/α-hetero) is 1. The molecule has 3 heterocycles. The van der Waals surface area contributed by atoms with Gasteiger partial charge >= 0.3 is 5.97 Å². The van der Waals surface area contributed by atoms with Gasteiger partial charge in [0.1, 0.15) is 17.1 Å². The molecule has 4 aromatic rings. The van der Waals surface area contributed by atoms with Gasteiger partial charge in [0.25, 0.3) is 0 Å². The van der Waals surface area contributed by atoms with E-state index in [0.717, 1.165) is 9.86 Å². The maximum Gasteiger partial charge on any atom is 0.379 e. The Morgan fingerprint density at radius 3 is 2.80 bits per heavy atom. The number of pyridine rings is 1. The van der Waals surface area contributed by atoms with Gasteiger partial charge in [-0.2, -0.15) is 0 Å². The molecule has 1 aliphatic rings. The summed E-state index contributed by atoms with van der Waals surface area (Å²) in [5.41, 5.74) is 1.58. The van der Waals surface area contributed by atoms with Gasteiger partial charge in [-0.05, 0) is 48.5 Å². The van der Waals surface area contributed by atoms with E-state index in [4.69, 9.17) is 13.9 Å². The number of benzene rings is 2. The normalized spacial score (nSPS) is 14.0. The quantitative estimate of drug-likeness (QED) is 0.230. The van der Waals surface area contributed by atoms with Gasteiger partial charge in [0.2, 0.25) is 11.5 Å². The predicted molar refractivity (Wildman–Crippen MR) is 112 cm³/mol. The highest BCUT2D eigenvalue weighted by atomic mass is 79.9. The third-order valence-corrected chi connectivity index (χ3v) is 4.99. The van der Waals surface area contributed by atoms with Crippen molar-refractivity contribution in [1.29, 1.82) is 0 Å². The molecule has 0 aliphatic carbocycles. The molecule has 0 amide bonds. The fourth-order valence-electron chi connectivity index (χ4n) is 3.10. The Kier molecular flexibility index (Phi) is 4.44. The highest BCUT2D eigenvalue weighted by Crippen LogP contribution is 2.35. The van der Waals surface area contributed by atoms with E-state index >= 15 is 0 Å². The highest BCUT2D eigenvalue weighted by Gasteiger charge is 2.28. The van der Waals surface area contributed by atoms with Gasteiger partial charge in [0.15, 0.2) is 5.76 Å². The fourth-order valence-corrected chi connectivity index (χ4v) is 3.48. The summed E-state index contributed by atoms with van der Waals surface area (Å²) in [5, 5.41) is 0.781. The minimum absolute atomic E-state index is 0.0799. The molecule has 6 nitrogen and oxygen atoms in total. The highest BCUT2D eigenvalue weighted by molar-refractivity contribution is 9.10. The Labute approximate surface area is 178 Å². The monoisotopic (exact) mass is 461 g/mol. The molecule has 0 radical (unpaired) electrons. The summed E-state index contributed by atoms with van der Waals surface area (Å²) >= 11 is 3.38. The zero-order valence-electron chi connectivity index (χ0n) is 15.3. The van der Waals surface area contributed by atoms with Crippen molar-refractivity contribution >= 4 is 44.7 Å². The Bertz CT molecular complexity index is 1340. The molecule has 0 fully saturated rings. The van der Waals surface area contributed by atoms with Gasteiger partial charge in [-0.3, -0.25) is 9.78 Å². The van der Waals surface area contributed by atoms with Crippen LogP contribution in [-0.4, -0.2) is 16.7 Å². The fraction of sp³-hybridized carbons (Fsp3) is 0. The molecule has 7 heteroatoms. The second-order valence-electron chi connectivity index (χ2n) is 6.53. The van der Waals surface area contributed by atoms with Crippen LogP contribution in [0.25, 0.3) is 17.0 Å². The van der Waals surface area contributed by atoms with Crippen LogP contribution in [-0.2, 0) is 0 Å². The zero-order valence-corrected chi connectivity index (χ0v) is 16.9. The molecule has 0 saturated carbocycles. The summed E-state index contributed by atoms with van der Waals surface area (Å²) in [6.07, 6.45) is 3.20. The third kappa shape index (κ3) is 3.40. The van der Waals surface area contributed by atoms with Crippen LogP contribution in [0.4, 0.5) is 0 Å². The van der Waals surface area contributed by atoms with Crippen molar-refractivity contribution < 1.29 is 23.5 Å². The first-order chi connectivity index (χ1) is 14.6. The summed E-state index contributed by atoms with van der Waals surface area (Å²) in [7, 11) is 0. The number of ether oxygens (including phenoxy) is 2. The molecule has 5 rings (SSSR count). The molecule has 0 unspecified atom stereocenters. The number of allylic oxidation sites excluding steroid dienone is 1. The van der Waals surface area contributed by atoms with Crippen molar-refractivity contribution in [3.05, 3.63) is 94.1 Å². The van der Waals surface area contributed by atoms with E-state index in [1.807, 2.05) is 18.2 Å². The number of hydrogen-bond donors (Lipinski definition) is 0. The van der Waals surface area contributed by atoms with Gasteiger partial charge in [-0.25, -0.2) is 4.79 Å². The van der Waals surface area contributed by atoms with E-state index in [1.54, 1.807) is 48.7 Å². The average Bonchev–Trinajstić information content (AvgIpc) is 3.29. The van der Waals surface area contributed by atoms with Crippen LogP contribution in [0.2, 0.25) is 0 Å². The van der Waals surface area contributed by atoms with Crippen LogP contribution in [0.5, 0.6) is 11.5 Å². The van der Waals surface area contributed by atoms with E-state index in [9.17, 15) is 9.59 Å². The number of hydrogen-bond acceptors (Lipinski definition) is 6. The smallest absolute Gasteiger partial charge is 0.379 e. The number of aromatic nitrogens is 1. The summed E-state index contributed by atoms with van der Waals surface area (Å²) in [5.74, 6) is -0.0908. The molecule has 146 valence electrons. The van der Waals surface area contributed by atoms with Crippen molar-refractivity contribution in [3.63, 3.8) is 0 Å². The van der Waals surface area contributed by atoms with E-state index in [2.05, 4.69) is 20.9 Å². The first-order valence-corrected chi connectivity index (χ1v) is 9.77. The Morgan fingerprint density at radius 1 is 1.07 bits per heavy atom. The largest absolute Gasteiger partial charge is 0.452 e. The van der Waals surface area contributed by atoms with Crippen molar-refractivity contribution in [1.82, 2.24) is 4.98 Å². The maximum atomic E-state index is 12.5. The molecular formula is C23H12BrNO5. The Balaban J connectivity index is 1.38. The summed E-state index contributed by atoms with van der Waals surface area (Å²) < 4.78 is 17.5. The minimum atomic E-state index is -0.643. The number of fused-ring (bicyclic) bond motifs is 2. The molecule has 0 saturated heterocycles. The number of furan rings is 1. The number of carbonyl (C=O) groups is 2. The second-order valence-corrected chi connectivity index (χ2v) is 7.45. The standard InChI is InChI=1S/C23H12BrNO5/c24-14-4-7-18-13(9-14)10-21(29-18)23(27)28-16-5-6-17-19(12-16)30-20(22(17)26)11-15-3-1-2-8-25-15/h1-12H/b20-11-. The molecule has 30 heavy (non-hydrogen) atoms. The van der Waals surface area contributed by atoms with Crippen molar-refractivity contribution in [3.8, 4) is 11.5 Å². The van der Waals surface area contributed by atoms with Crippen molar-refractivity contribution in [2.24, 2.45) is 0 Å². The summed E-state index contributed by atoms with van der Waals surface area (Å²) in [4.78, 5) is 29.2. The van der Waals surface area contributed by atoms with Crippen LogP contribution in [0.15, 0.2) is 81.5 Å². The molecular weight excluding hydrogens is 450 g/mol. The number of ketones is 1. The summed E-state index contributed by atoms with van der Waals surface area (Å²) in [6.45, 7) is 0. The third-order valence-electron chi connectivity index (χ3n) is 4.50. The number of carbonyl (C=O) groups excluding carboxylic acids is 2. The van der Waals surface area contributed by atoms with Crippen molar-refractivity contribution in [2.45, 2.75) is 0 Å². The van der Waals surface area contributed by atoms with Crippen LogP contribution in [0.3, 0.4) is 0 Å². The van der Waals surface area contributed by atoms with E-state index in [-0.39, 0.29) is 23.1 Å². The van der Waals surface area contributed by atoms with Gasteiger partial charge in [0, 0.05) is 28.2 Å². The number of esters is 1. The van der Waals surface area contributed by atoms with Crippen LogP contribution in [0, 0.1) is 0 Å². The van der Waals surface area contributed by atoms with E-state index in [0.29, 0.717) is 22.6 Å². The van der Waals surface area contributed by atoms with Gasteiger partial charge < -0.3 is 13.9 Å². The van der Waals surface area contributed by atoms with Gasteiger partial charge in [-0.1, -0.05) is 22.0 Å². The first-order valence-electron chi connectivity index (χ1n) is 8.97. The summed E-state index contributed by atoms with van der Waals surface area (Å²) in [6, 6.07) is 17.0. The lowest BCUT2D eigenvalue weighted by atomic mass is 10.1. The molecule has 0 spiro atoms. The molecule has 2 aromatic heterocycles. The maximum absolute atomic E-state index is 12.5. The van der Waals surface area contributed by atoms with Crippen LogP contribution >= 0.6 is 15.9 Å². The van der Waals surface area contributed by atoms with Gasteiger partial charge in [0.05, 0.1) is 11.3 Å². The number of rotatable bonds is 3. The van der Waals surface area contributed by atoms with Crippen molar-refractivity contribution in [2.75, 3.05) is 0 Å². The molecule has 0 atom stereocenters. The zero-order chi connectivity index (χ0) is 20.7. The Morgan fingerprint density at radius 2 is 1.97 bits per heavy atom. The lowest BCUT2D eigenvalue weighted by Crippen LogP contribution is -2.07. The predicted octanol–water partition coefficient (Wildman–Crippen LogP) is 5.43. The molecule has 0 N–H and O–H groups in total. The van der Waals surface area contributed by atoms with Crippen LogP contribution in [0.1, 0.15) is 26.6 Å². The van der Waals surface area contributed by atoms with E-state index in [1.165, 1.54) is 6.07 Å². The SMILES string of the molecule is O=C(Oc1ccc2c(c1)O/C(=C\c1ccccn1)C2=O)c1cc2cc(Br)ccc2o1.